The molecule has 0 aromatic heterocycles. The van der Waals surface area contributed by atoms with E-state index in [1.807, 2.05) is 20.8 Å². The first-order valence-corrected chi connectivity index (χ1v) is 8.14. The molecule has 0 radical (unpaired) electrons. The second-order valence-electron chi connectivity index (χ2n) is 7.96. The summed E-state index contributed by atoms with van der Waals surface area (Å²) in [4.78, 5) is 37.4. The molecule has 3 aliphatic carbocycles. The lowest BCUT2D eigenvalue weighted by Crippen LogP contribution is -2.43. The van der Waals surface area contributed by atoms with Gasteiger partial charge in [0.2, 0.25) is 0 Å². The Morgan fingerprint density at radius 2 is 1.57 bits per heavy atom. The number of fused-ring (bicyclic) bond motifs is 5. The summed E-state index contributed by atoms with van der Waals surface area (Å²) in [5.41, 5.74) is 0.610. The molecule has 2 bridgehead atoms. The Hall–Kier alpha value is -1.65. The van der Waals surface area contributed by atoms with Crippen molar-refractivity contribution in [2.24, 2.45) is 40.9 Å². The summed E-state index contributed by atoms with van der Waals surface area (Å²) in [5.74, 6) is -1.94. The van der Waals surface area contributed by atoms with Crippen molar-refractivity contribution >= 4 is 17.7 Å². The van der Waals surface area contributed by atoms with E-state index < -0.39 is 17.8 Å². The van der Waals surface area contributed by atoms with Gasteiger partial charge in [0.25, 0.3) is 0 Å². The number of ether oxygens (including phenoxy) is 2. The van der Waals surface area contributed by atoms with E-state index in [4.69, 9.17) is 9.47 Å². The predicted molar refractivity (Wildman–Crippen MR) is 82.1 cm³/mol. The molecule has 23 heavy (non-hydrogen) atoms. The first-order valence-electron chi connectivity index (χ1n) is 8.14. The summed E-state index contributed by atoms with van der Waals surface area (Å²) >= 11 is 0. The van der Waals surface area contributed by atoms with E-state index in [1.54, 1.807) is 0 Å². The highest BCUT2D eigenvalue weighted by atomic mass is 16.5. The van der Waals surface area contributed by atoms with E-state index in [0.29, 0.717) is 6.42 Å². The maximum atomic E-state index is 12.9. The molecule has 2 saturated carbocycles. The molecule has 0 heterocycles. The number of allylic oxidation sites excluding steroid dienone is 2. The van der Waals surface area contributed by atoms with Crippen molar-refractivity contribution in [3.8, 4) is 0 Å². The van der Waals surface area contributed by atoms with Crippen LogP contribution in [0.15, 0.2) is 11.6 Å². The van der Waals surface area contributed by atoms with E-state index in [-0.39, 0.29) is 40.8 Å². The van der Waals surface area contributed by atoms with Gasteiger partial charge >= 0.3 is 11.9 Å². The van der Waals surface area contributed by atoms with Crippen molar-refractivity contribution in [1.29, 1.82) is 0 Å². The standard InChI is InChI=1S/C18H24O5/c1-18(2,3)11-7-9-8-6-10(12(9)15(11)19)14(17(21)23-5)13(8)16(20)22-4/h7-10,12-14H,6H2,1-5H3/t8-,9+,10+,12+,13+,14-/m0/s1. The zero-order valence-corrected chi connectivity index (χ0v) is 14.3. The summed E-state index contributed by atoms with van der Waals surface area (Å²) in [7, 11) is 2.67. The fraction of sp³-hybridized carbons (Fsp3) is 0.722. The lowest BCUT2D eigenvalue weighted by atomic mass is 9.68. The topological polar surface area (TPSA) is 69.7 Å². The van der Waals surface area contributed by atoms with Crippen LogP contribution in [0.25, 0.3) is 0 Å². The third-order valence-electron chi connectivity index (χ3n) is 5.91. The van der Waals surface area contributed by atoms with Crippen LogP contribution in [-0.4, -0.2) is 31.9 Å². The van der Waals surface area contributed by atoms with E-state index >= 15 is 0 Å². The van der Waals surface area contributed by atoms with Crippen LogP contribution in [0.5, 0.6) is 0 Å². The quantitative estimate of drug-likeness (QED) is 0.728. The van der Waals surface area contributed by atoms with Gasteiger partial charge in [0, 0.05) is 5.92 Å². The lowest BCUT2D eigenvalue weighted by molar-refractivity contribution is -0.162. The van der Waals surface area contributed by atoms with Crippen LogP contribution in [0.3, 0.4) is 0 Å². The number of methoxy groups -OCH3 is 2. The molecular weight excluding hydrogens is 296 g/mol. The Labute approximate surface area is 136 Å². The van der Waals surface area contributed by atoms with Crippen molar-refractivity contribution in [1.82, 2.24) is 0 Å². The van der Waals surface area contributed by atoms with Gasteiger partial charge in [-0.2, -0.15) is 0 Å². The summed E-state index contributed by atoms with van der Waals surface area (Å²) in [6.07, 6.45) is 2.77. The van der Waals surface area contributed by atoms with Crippen LogP contribution < -0.4 is 0 Å². The highest BCUT2D eigenvalue weighted by Crippen LogP contribution is 2.63. The molecule has 3 rings (SSSR count). The number of carbonyl (C=O) groups is 3. The molecule has 0 aromatic carbocycles. The Morgan fingerprint density at radius 1 is 1.04 bits per heavy atom. The largest absolute Gasteiger partial charge is 0.469 e. The van der Waals surface area contributed by atoms with Crippen LogP contribution in [0.2, 0.25) is 0 Å². The molecular formula is C18H24O5. The first kappa shape index (κ1) is 16.2. The van der Waals surface area contributed by atoms with Crippen LogP contribution in [0.4, 0.5) is 0 Å². The van der Waals surface area contributed by atoms with E-state index in [0.717, 1.165) is 5.57 Å². The molecule has 2 fully saturated rings. The average molecular weight is 320 g/mol. The molecule has 0 unspecified atom stereocenters. The van der Waals surface area contributed by atoms with Crippen molar-refractivity contribution < 1.29 is 23.9 Å². The molecule has 5 nitrogen and oxygen atoms in total. The molecule has 0 N–H and O–H groups in total. The molecule has 0 saturated heterocycles. The minimum Gasteiger partial charge on any atom is -0.469 e. The average Bonchev–Trinajstić information content (AvgIpc) is 3.13. The highest BCUT2D eigenvalue weighted by molar-refractivity contribution is 6.02. The number of carbonyl (C=O) groups excluding carboxylic acids is 3. The zero-order valence-electron chi connectivity index (χ0n) is 14.3. The van der Waals surface area contributed by atoms with Gasteiger partial charge in [-0.15, -0.1) is 0 Å². The molecule has 3 aliphatic rings. The number of rotatable bonds is 2. The minimum absolute atomic E-state index is 0.00894. The highest BCUT2D eigenvalue weighted by Gasteiger charge is 2.66. The fourth-order valence-corrected chi connectivity index (χ4v) is 5.04. The van der Waals surface area contributed by atoms with Gasteiger partial charge in [-0.3, -0.25) is 14.4 Å². The van der Waals surface area contributed by atoms with Crippen molar-refractivity contribution in [3.63, 3.8) is 0 Å². The third kappa shape index (κ3) is 2.16. The Balaban J connectivity index is 2.00. The summed E-state index contributed by atoms with van der Waals surface area (Å²) in [6, 6.07) is 0. The molecule has 0 amide bonds. The number of ketones is 1. The summed E-state index contributed by atoms with van der Waals surface area (Å²) in [6.45, 7) is 6.07. The van der Waals surface area contributed by atoms with E-state index in [9.17, 15) is 14.4 Å². The van der Waals surface area contributed by atoms with Gasteiger partial charge in [-0.25, -0.2) is 0 Å². The van der Waals surface area contributed by atoms with Crippen LogP contribution >= 0.6 is 0 Å². The summed E-state index contributed by atoms with van der Waals surface area (Å²) < 4.78 is 9.84. The Kier molecular flexibility index (Phi) is 3.65. The van der Waals surface area contributed by atoms with Crippen molar-refractivity contribution in [2.45, 2.75) is 27.2 Å². The molecule has 0 aliphatic heterocycles. The second-order valence-corrected chi connectivity index (χ2v) is 7.96. The molecule has 6 atom stereocenters. The van der Waals surface area contributed by atoms with Gasteiger partial charge in [-0.05, 0) is 35.2 Å². The van der Waals surface area contributed by atoms with E-state index in [2.05, 4.69) is 6.08 Å². The van der Waals surface area contributed by atoms with Crippen LogP contribution in [0, 0.1) is 40.9 Å². The normalized spacial score (nSPS) is 38.3. The molecule has 126 valence electrons. The number of esters is 2. The summed E-state index contributed by atoms with van der Waals surface area (Å²) in [5, 5.41) is 0. The molecule has 5 heteroatoms. The molecule has 0 spiro atoms. The van der Waals surface area contributed by atoms with Gasteiger partial charge in [0.05, 0.1) is 26.1 Å². The van der Waals surface area contributed by atoms with Crippen molar-refractivity contribution in [3.05, 3.63) is 11.6 Å². The Morgan fingerprint density at radius 3 is 2.04 bits per heavy atom. The first-order chi connectivity index (χ1) is 10.7. The Bertz CT molecular complexity index is 597. The lowest BCUT2D eigenvalue weighted by Gasteiger charge is -2.34. The number of hydrogen-bond donors (Lipinski definition) is 0. The SMILES string of the molecule is COC(=O)[C@@H]1[C@H]2C[C@H]([C@@H]3C(=O)C(C(C)(C)C)=C[C@H]23)[C@@H]1C(=O)OC. The smallest absolute Gasteiger partial charge is 0.309 e. The minimum atomic E-state index is -0.560. The van der Waals surface area contributed by atoms with Crippen LogP contribution in [-0.2, 0) is 23.9 Å². The van der Waals surface area contributed by atoms with Crippen LogP contribution in [0.1, 0.15) is 27.2 Å². The number of Topliss-reactive ketones (excluding diaryl/α,β-unsaturated/α-hetero) is 1. The van der Waals surface area contributed by atoms with Gasteiger partial charge in [0.1, 0.15) is 0 Å². The van der Waals surface area contributed by atoms with Crippen molar-refractivity contribution in [2.75, 3.05) is 14.2 Å². The molecule has 0 aromatic rings. The van der Waals surface area contributed by atoms with Gasteiger partial charge in [-0.1, -0.05) is 26.8 Å². The number of hydrogen-bond acceptors (Lipinski definition) is 5. The second kappa shape index (κ2) is 5.18. The van der Waals surface area contributed by atoms with E-state index in [1.165, 1.54) is 14.2 Å². The third-order valence-corrected chi connectivity index (χ3v) is 5.91. The van der Waals surface area contributed by atoms with Gasteiger partial charge < -0.3 is 9.47 Å². The maximum absolute atomic E-state index is 12.9. The monoisotopic (exact) mass is 320 g/mol. The maximum Gasteiger partial charge on any atom is 0.309 e. The van der Waals surface area contributed by atoms with Gasteiger partial charge in [0.15, 0.2) is 5.78 Å². The zero-order chi connectivity index (χ0) is 17.1. The predicted octanol–water partition coefficient (Wildman–Crippen LogP) is 2.00. The fourth-order valence-electron chi connectivity index (χ4n) is 5.04.